The Balaban J connectivity index is 3.12. The molecule has 0 radical (unpaired) electrons. The van der Waals surface area contributed by atoms with Gasteiger partial charge in [0.15, 0.2) is 6.10 Å². The first-order chi connectivity index (χ1) is 31.5. The molecule has 1 aliphatic rings. The maximum atomic E-state index is 13.2. The maximum absolute atomic E-state index is 13.2. The fourth-order valence-electron chi connectivity index (χ4n) is 5.79. The molecule has 0 spiro atoms. The molecule has 0 amide bonds. The van der Waals surface area contributed by atoms with Gasteiger partial charge in [-0.2, -0.15) is 0 Å². The van der Waals surface area contributed by atoms with Crippen molar-refractivity contribution in [1.29, 1.82) is 0 Å². The maximum Gasteiger partial charge on any atom is 0.472 e. The van der Waals surface area contributed by atoms with Crippen LogP contribution >= 0.6 is 31.3 Å². The minimum atomic E-state index is -5.82. The molecular formula is C41H54O22P4. The van der Waals surface area contributed by atoms with Gasteiger partial charge >= 0.3 is 43.2 Å². The molecule has 1 aliphatic carbocycles. The van der Waals surface area contributed by atoms with Gasteiger partial charge in [0.2, 0.25) is 0 Å². The van der Waals surface area contributed by atoms with Gasteiger partial charge in [0.25, 0.3) is 0 Å². The lowest BCUT2D eigenvalue weighted by atomic mass is 9.85. The van der Waals surface area contributed by atoms with Gasteiger partial charge in [-0.1, -0.05) is 89.9 Å². The molecule has 9 N–H and O–H groups in total. The van der Waals surface area contributed by atoms with Gasteiger partial charge in [0, 0.05) is 12.3 Å². The molecular weight excluding hydrogens is 968 g/mol. The SMILES string of the molecule is CC#CC#CC#CC#CC#CC#CC#CC(=O)OC[C@H](COP(=O)(O)OC1C(O)[C@H](OP(=O)(O)O)[C@H](OP(=O)(O)O)C(OP(=O)(O)O)[C@@H]1O)OC(=O)CCCCCCCCCCCCCCC. The number of hydrogen-bond acceptors (Lipinski definition) is 15. The van der Waals surface area contributed by atoms with E-state index in [4.69, 9.17) is 18.5 Å². The summed E-state index contributed by atoms with van der Waals surface area (Å²) >= 11 is 0. The van der Waals surface area contributed by atoms with E-state index in [0.717, 1.165) is 32.1 Å². The second kappa shape index (κ2) is 32.9. The normalized spacial score (nSPS) is 20.1. The molecule has 0 aromatic heterocycles. The highest BCUT2D eigenvalue weighted by Crippen LogP contribution is 2.53. The van der Waals surface area contributed by atoms with E-state index in [1.807, 2.05) is 5.92 Å². The Morgan fingerprint density at radius 3 is 1.31 bits per heavy atom. The number of aliphatic hydroxyl groups excluding tert-OH is 2. The van der Waals surface area contributed by atoms with E-state index in [2.05, 4.69) is 97.5 Å². The Kier molecular flexibility index (Phi) is 30.0. The van der Waals surface area contributed by atoms with Crippen LogP contribution in [-0.4, -0.2) is 112 Å². The van der Waals surface area contributed by atoms with Crippen molar-refractivity contribution in [3.63, 3.8) is 0 Å². The zero-order valence-electron chi connectivity index (χ0n) is 36.5. The van der Waals surface area contributed by atoms with Gasteiger partial charge in [0.1, 0.15) is 43.2 Å². The van der Waals surface area contributed by atoms with Crippen LogP contribution < -0.4 is 0 Å². The summed E-state index contributed by atoms with van der Waals surface area (Å²) in [5, 5.41) is 21.7. The van der Waals surface area contributed by atoms with Crippen LogP contribution in [0.25, 0.3) is 0 Å². The molecule has 0 aromatic carbocycles. The highest BCUT2D eigenvalue weighted by molar-refractivity contribution is 7.47. The summed E-state index contributed by atoms with van der Waals surface area (Å²) in [4.78, 5) is 92.0. The highest BCUT2D eigenvalue weighted by atomic mass is 31.2. The van der Waals surface area contributed by atoms with Crippen LogP contribution in [0.4, 0.5) is 0 Å². The van der Waals surface area contributed by atoms with Gasteiger partial charge in [-0.05, 0) is 84.4 Å². The number of hydrogen-bond donors (Lipinski definition) is 9. The molecule has 0 aromatic rings. The number of unbranched alkanes of at least 4 members (excludes halogenated alkanes) is 12. The van der Waals surface area contributed by atoms with Crippen LogP contribution in [-0.2, 0) is 59.9 Å². The number of rotatable bonds is 28. The number of carbonyl (C=O) groups is 2. The van der Waals surface area contributed by atoms with Gasteiger partial charge < -0.3 is 53.9 Å². The first-order valence-electron chi connectivity index (χ1n) is 20.5. The zero-order valence-corrected chi connectivity index (χ0v) is 40.1. The van der Waals surface area contributed by atoms with Crippen LogP contribution in [0.1, 0.15) is 104 Å². The van der Waals surface area contributed by atoms with E-state index in [1.165, 1.54) is 38.5 Å². The Labute approximate surface area is 389 Å². The number of phosphoric ester groups is 4. The molecule has 0 saturated heterocycles. The Morgan fingerprint density at radius 1 is 0.507 bits per heavy atom. The molecule has 0 bridgehead atoms. The topological polar surface area (TPSA) is 349 Å². The Hall–Kier alpha value is -3.78. The molecule has 370 valence electrons. The Bertz CT molecular complexity index is 2220. The second-order valence-corrected chi connectivity index (χ2v) is 19.1. The van der Waals surface area contributed by atoms with E-state index in [9.17, 15) is 72.3 Å². The van der Waals surface area contributed by atoms with E-state index >= 15 is 0 Å². The summed E-state index contributed by atoms with van der Waals surface area (Å²) in [6, 6.07) is 0. The summed E-state index contributed by atoms with van der Waals surface area (Å²) in [5.74, 6) is 30.9. The van der Waals surface area contributed by atoms with Crippen molar-refractivity contribution >= 4 is 43.2 Å². The standard InChI is InChI=1S/C41H54O22P4/c1-3-5-7-9-11-13-15-17-19-21-23-25-27-29-34(42)57-31-33(59-35(43)30-28-26-24-22-20-18-16-14-12-10-8-6-4-2)32-58-67(55,56)63-38-36(44)39(60-64(46,47)48)41(62-66(52,53)54)40(37(38)45)61-65(49,50)51/h33,36-41,44-45H,4,6,8,10,12,14,16,18,20,22,24,26,28,30-32H2,1-2H3,(H,55,56)(H2,46,47,48)(H2,49,50,51)(H2,52,53,54)/t33-,36-,37?,38?,39?,40+,41-/m1/s1. The molecule has 0 heterocycles. The zero-order chi connectivity index (χ0) is 50.4. The lowest BCUT2D eigenvalue weighted by molar-refractivity contribution is -0.209. The largest absolute Gasteiger partial charge is 0.472 e. The average Bonchev–Trinajstić information content (AvgIpc) is 3.22. The first kappa shape index (κ1) is 61.2. The van der Waals surface area contributed by atoms with Gasteiger partial charge in [-0.15, -0.1) is 0 Å². The smallest absolute Gasteiger partial charge is 0.456 e. The van der Waals surface area contributed by atoms with Crippen LogP contribution in [0.15, 0.2) is 0 Å². The average molecular weight is 1020 g/mol. The third-order valence-electron chi connectivity index (χ3n) is 8.61. The Morgan fingerprint density at radius 2 is 0.896 bits per heavy atom. The lowest BCUT2D eigenvalue weighted by Crippen LogP contribution is -2.65. The predicted octanol–water partition coefficient (Wildman–Crippen LogP) is 2.64. The predicted molar refractivity (Wildman–Crippen MR) is 235 cm³/mol. The van der Waals surface area contributed by atoms with Crippen LogP contribution in [0.2, 0.25) is 0 Å². The molecule has 8 atom stereocenters. The quantitative estimate of drug-likeness (QED) is 0.0179. The van der Waals surface area contributed by atoms with Crippen LogP contribution in [0.5, 0.6) is 0 Å². The van der Waals surface area contributed by atoms with Crippen molar-refractivity contribution in [1.82, 2.24) is 0 Å². The van der Waals surface area contributed by atoms with E-state index in [1.54, 1.807) is 6.92 Å². The van der Waals surface area contributed by atoms with Crippen LogP contribution in [0.3, 0.4) is 0 Å². The van der Waals surface area contributed by atoms with Crippen molar-refractivity contribution in [3.05, 3.63) is 0 Å². The number of phosphoric acid groups is 4. The number of carbonyl (C=O) groups excluding carboxylic acids is 2. The third kappa shape index (κ3) is 31.1. The van der Waals surface area contributed by atoms with Crippen molar-refractivity contribution in [2.75, 3.05) is 13.2 Å². The first-order valence-corrected chi connectivity index (χ1v) is 26.6. The number of ether oxygens (including phenoxy) is 2. The molecule has 1 rings (SSSR count). The van der Waals surface area contributed by atoms with E-state index in [-0.39, 0.29) is 6.42 Å². The van der Waals surface area contributed by atoms with Gasteiger partial charge in [-0.25, -0.2) is 23.1 Å². The fraction of sp³-hybridized carbons (Fsp3) is 0.610. The highest BCUT2D eigenvalue weighted by Gasteiger charge is 2.59. The minimum absolute atomic E-state index is 0.134. The van der Waals surface area contributed by atoms with Crippen molar-refractivity contribution in [2.45, 2.75) is 146 Å². The van der Waals surface area contributed by atoms with Crippen LogP contribution in [0, 0.1) is 82.9 Å². The molecule has 1 saturated carbocycles. The molecule has 26 heteroatoms. The molecule has 22 nitrogen and oxygen atoms in total. The summed E-state index contributed by atoms with van der Waals surface area (Å²) in [7, 11) is -23.2. The molecule has 1 fully saturated rings. The second-order valence-electron chi connectivity index (χ2n) is 14.1. The summed E-state index contributed by atoms with van der Waals surface area (Å²) < 4.78 is 81.1. The number of esters is 2. The molecule has 67 heavy (non-hydrogen) atoms. The van der Waals surface area contributed by atoms with Gasteiger partial charge in [0.05, 0.1) is 6.61 Å². The lowest BCUT2D eigenvalue weighted by Gasteiger charge is -2.45. The minimum Gasteiger partial charge on any atom is -0.456 e. The van der Waals surface area contributed by atoms with Crippen molar-refractivity contribution < 1.29 is 104 Å². The van der Waals surface area contributed by atoms with E-state index in [0.29, 0.717) is 12.8 Å². The fourth-order valence-corrected chi connectivity index (χ4v) is 8.44. The summed E-state index contributed by atoms with van der Waals surface area (Å²) in [6.07, 6.45) is -5.05. The van der Waals surface area contributed by atoms with Crippen molar-refractivity contribution in [2.24, 2.45) is 0 Å². The molecule has 4 unspecified atom stereocenters. The monoisotopic (exact) mass is 1020 g/mol. The van der Waals surface area contributed by atoms with Crippen molar-refractivity contribution in [3.8, 4) is 82.9 Å². The third-order valence-corrected chi connectivity index (χ3v) is 11.1. The van der Waals surface area contributed by atoms with E-state index < -0.39 is 99.2 Å². The summed E-state index contributed by atoms with van der Waals surface area (Å²) in [6.45, 7) is 1.80. The molecule has 0 aliphatic heterocycles. The van der Waals surface area contributed by atoms with Gasteiger partial charge in [-0.3, -0.25) is 27.4 Å². The number of aliphatic hydroxyl groups is 2. The summed E-state index contributed by atoms with van der Waals surface area (Å²) in [5.41, 5.74) is 0.